The Balaban J connectivity index is 1.94. The molecular formula is C13H11NO4S. The van der Waals surface area contributed by atoms with Crippen molar-refractivity contribution in [3.63, 3.8) is 0 Å². The minimum atomic E-state index is -0.655. The molecule has 1 N–H and O–H groups in total. The van der Waals surface area contributed by atoms with Crippen LogP contribution >= 0.6 is 11.3 Å². The van der Waals surface area contributed by atoms with E-state index in [1.165, 1.54) is 30.5 Å². The van der Waals surface area contributed by atoms with Gasteiger partial charge in [-0.3, -0.25) is 9.59 Å². The maximum absolute atomic E-state index is 11.6. The number of ether oxygens (including phenoxy) is 1. The van der Waals surface area contributed by atoms with E-state index in [0.717, 1.165) is 0 Å². The SMILES string of the molecule is CC(=O)c1c[nH]c(C(=O)OCC(=O)c2cccs2)c1. The summed E-state index contributed by atoms with van der Waals surface area (Å²) in [5.41, 5.74) is 0.556. The molecule has 0 aliphatic carbocycles. The highest BCUT2D eigenvalue weighted by Gasteiger charge is 2.14. The van der Waals surface area contributed by atoms with Crippen LogP contribution in [0.1, 0.15) is 37.4 Å². The Morgan fingerprint density at radius 2 is 2.16 bits per heavy atom. The van der Waals surface area contributed by atoms with Crippen LogP contribution in [0, 0.1) is 0 Å². The number of Topliss-reactive ketones (excluding diaryl/α,β-unsaturated/α-hetero) is 2. The highest BCUT2D eigenvalue weighted by molar-refractivity contribution is 7.12. The number of aromatic amines is 1. The molecule has 6 heteroatoms. The summed E-state index contributed by atoms with van der Waals surface area (Å²) in [4.78, 5) is 37.5. The van der Waals surface area contributed by atoms with Gasteiger partial charge in [-0.15, -0.1) is 11.3 Å². The zero-order valence-corrected chi connectivity index (χ0v) is 11.0. The van der Waals surface area contributed by atoms with Crippen molar-refractivity contribution in [2.24, 2.45) is 0 Å². The molecule has 0 bridgehead atoms. The summed E-state index contributed by atoms with van der Waals surface area (Å²) in [5, 5.41) is 1.78. The molecule has 0 aliphatic heterocycles. The topological polar surface area (TPSA) is 76.2 Å². The highest BCUT2D eigenvalue weighted by atomic mass is 32.1. The third kappa shape index (κ3) is 3.17. The van der Waals surface area contributed by atoms with Crippen LogP contribution in [0.15, 0.2) is 29.8 Å². The van der Waals surface area contributed by atoms with Crippen LogP contribution in [0.2, 0.25) is 0 Å². The first-order chi connectivity index (χ1) is 9.08. The normalized spacial score (nSPS) is 10.2. The van der Waals surface area contributed by atoms with Gasteiger partial charge in [-0.05, 0) is 24.4 Å². The first-order valence-corrected chi connectivity index (χ1v) is 6.39. The lowest BCUT2D eigenvalue weighted by Crippen LogP contribution is -2.13. The third-order valence-corrected chi connectivity index (χ3v) is 3.35. The Labute approximate surface area is 113 Å². The smallest absolute Gasteiger partial charge is 0.355 e. The molecule has 0 atom stereocenters. The fourth-order valence-corrected chi connectivity index (χ4v) is 2.08. The van der Waals surface area contributed by atoms with Crippen molar-refractivity contribution in [3.05, 3.63) is 45.9 Å². The molecule has 0 saturated heterocycles. The predicted octanol–water partition coefficient (Wildman–Crippen LogP) is 2.32. The van der Waals surface area contributed by atoms with Gasteiger partial charge in [0.05, 0.1) is 4.88 Å². The second-order valence-corrected chi connectivity index (χ2v) is 4.78. The number of thiophene rings is 1. The van der Waals surface area contributed by atoms with Crippen LogP contribution in [-0.2, 0) is 4.74 Å². The summed E-state index contributed by atoms with van der Waals surface area (Å²) < 4.78 is 4.88. The third-order valence-electron chi connectivity index (χ3n) is 2.44. The van der Waals surface area contributed by atoms with E-state index in [-0.39, 0.29) is 23.9 Å². The van der Waals surface area contributed by atoms with Gasteiger partial charge < -0.3 is 9.72 Å². The number of carbonyl (C=O) groups excluding carboxylic acids is 3. The average molecular weight is 277 g/mol. The van der Waals surface area contributed by atoms with Gasteiger partial charge >= 0.3 is 5.97 Å². The summed E-state index contributed by atoms with van der Waals surface area (Å²) in [6.45, 7) is 1.09. The molecule has 0 unspecified atom stereocenters. The van der Waals surface area contributed by atoms with Crippen LogP contribution in [0.5, 0.6) is 0 Å². The molecule has 0 radical (unpaired) electrons. The molecule has 0 fully saturated rings. The lowest BCUT2D eigenvalue weighted by molar-refractivity contribution is 0.0470. The second-order valence-electron chi connectivity index (χ2n) is 3.83. The van der Waals surface area contributed by atoms with E-state index in [1.54, 1.807) is 17.5 Å². The fourth-order valence-electron chi connectivity index (χ4n) is 1.43. The summed E-state index contributed by atoms with van der Waals surface area (Å²) in [6.07, 6.45) is 1.43. The number of H-pyrrole nitrogens is 1. The molecule has 98 valence electrons. The molecule has 2 heterocycles. The van der Waals surface area contributed by atoms with E-state index in [2.05, 4.69) is 4.98 Å². The molecule has 0 spiro atoms. The minimum absolute atomic E-state index is 0.148. The first kappa shape index (κ1) is 13.2. The van der Waals surface area contributed by atoms with Gasteiger partial charge in [0.25, 0.3) is 0 Å². The number of aromatic nitrogens is 1. The number of ketones is 2. The van der Waals surface area contributed by atoms with E-state index in [1.807, 2.05) is 0 Å². The van der Waals surface area contributed by atoms with E-state index < -0.39 is 5.97 Å². The van der Waals surface area contributed by atoms with Crippen LogP contribution in [0.25, 0.3) is 0 Å². The van der Waals surface area contributed by atoms with Crippen LogP contribution in [0.4, 0.5) is 0 Å². The van der Waals surface area contributed by atoms with Crippen molar-refractivity contribution >= 4 is 28.9 Å². The molecule has 2 aromatic rings. The molecule has 19 heavy (non-hydrogen) atoms. The predicted molar refractivity (Wildman–Crippen MR) is 69.7 cm³/mol. The van der Waals surface area contributed by atoms with Crippen molar-refractivity contribution in [3.8, 4) is 0 Å². The molecule has 2 rings (SSSR count). The number of hydrogen-bond donors (Lipinski definition) is 1. The quantitative estimate of drug-likeness (QED) is 0.672. The van der Waals surface area contributed by atoms with E-state index in [9.17, 15) is 14.4 Å². The van der Waals surface area contributed by atoms with E-state index >= 15 is 0 Å². The Kier molecular flexibility index (Phi) is 3.91. The number of rotatable bonds is 5. The van der Waals surface area contributed by atoms with E-state index in [4.69, 9.17) is 4.74 Å². The zero-order chi connectivity index (χ0) is 13.8. The average Bonchev–Trinajstić information content (AvgIpc) is 3.05. The van der Waals surface area contributed by atoms with Crippen molar-refractivity contribution in [1.82, 2.24) is 4.98 Å². The molecule has 5 nitrogen and oxygen atoms in total. The Morgan fingerprint density at radius 3 is 2.74 bits per heavy atom. The van der Waals surface area contributed by atoms with Crippen LogP contribution < -0.4 is 0 Å². The summed E-state index contributed by atoms with van der Waals surface area (Å²) in [6, 6.07) is 4.83. The van der Waals surface area contributed by atoms with Gasteiger partial charge in [-0.1, -0.05) is 6.07 Å². The summed E-state index contributed by atoms with van der Waals surface area (Å²) in [7, 11) is 0. The number of nitrogens with one attached hydrogen (secondary N) is 1. The lowest BCUT2D eigenvalue weighted by atomic mass is 10.2. The van der Waals surface area contributed by atoms with E-state index in [0.29, 0.717) is 10.4 Å². The van der Waals surface area contributed by atoms with Gasteiger partial charge in [-0.25, -0.2) is 4.79 Å². The fraction of sp³-hybridized carbons (Fsp3) is 0.154. The lowest BCUT2D eigenvalue weighted by Gasteiger charge is -2.01. The molecular weight excluding hydrogens is 266 g/mol. The number of carbonyl (C=O) groups is 3. The standard InChI is InChI=1S/C13H11NO4S/c1-8(15)9-5-10(14-6-9)13(17)18-7-11(16)12-3-2-4-19-12/h2-6,14H,7H2,1H3. The molecule has 2 aromatic heterocycles. The summed E-state index contributed by atoms with van der Waals surface area (Å²) >= 11 is 1.29. The zero-order valence-electron chi connectivity index (χ0n) is 10.1. The molecule has 0 aromatic carbocycles. The minimum Gasteiger partial charge on any atom is -0.453 e. The van der Waals surface area contributed by atoms with Crippen molar-refractivity contribution < 1.29 is 19.1 Å². The highest BCUT2D eigenvalue weighted by Crippen LogP contribution is 2.10. The maximum atomic E-state index is 11.6. The molecule has 0 amide bonds. The van der Waals surface area contributed by atoms with Crippen molar-refractivity contribution in [2.45, 2.75) is 6.92 Å². The number of hydrogen-bond acceptors (Lipinski definition) is 5. The maximum Gasteiger partial charge on any atom is 0.355 e. The Bertz CT molecular complexity index is 612. The summed E-state index contributed by atoms with van der Waals surface area (Å²) in [5.74, 6) is -1.05. The molecule has 0 saturated carbocycles. The van der Waals surface area contributed by atoms with Crippen LogP contribution in [0.3, 0.4) is 0 Å². The van der Waals surface area contributed by atoms with Crippen molar-refractivity contribution in [1.29, 1.82) is 0 Å². The monoisotopic (exact) mass is 277 g/mol. The van der Waals surface area contributed by atoms with Gasteiger partial charge in [0.1, 0.15) is 5.69 Å². The Morgan fingerprint density at radius 1 is 1.37 bits per heavy atom. The molecule has 0 aliphatic rings. The van der Waals surface area contributed by atoms with Crippen LogP contribution in [-0.4, -0.2) is 29.1 Å². The van der Waals surface area contributed by atoms with Gasteiger partial charge in [0.2, 0.25) is 5.78 Å². The first-order valence-electron chi connectivity index (χ1n) is 5.51. The van der Waals surface area contributed by atoms with Gasteiger partial charge in [0.15, 0.2) is 12.4 Å². The van der Waals surface area contributed by atoms with Gasteiger partial charge in [-0.2, -0.15) is 0 Å². The number of esters is 1. The Hall–Kier alpha value is -2.21. The largest absolute Gasteiger partial charge is 0.453 e. The second kappa shape index (κ2) is 5.62. The van der Waals surface area contributed by atoms with Crippen molar-refractivity contribution in [2.75, 3.05) is 6.61 Å². The van der Waals surface area contributed by atoms with Gasteiger partial charge in [0, 0.05) is 11.8 Å².